The van der Waals surface area contributed by atoms with Crippen molar-refractivity contribution in [1.82, 2.24) is 15.7 Å². The number of ether oxygens (including phenoxy) is 3. The monoisotopic (exact) mass is 605 g/mol. The van der Waals surface area contributed by atoms with E-state index in [0.29, 0.717) is 40.1 Å². The number of likely N-dealkylation sites (tertiary alicyclic amines) is 1. The molecule has 1 aromatic carbocycles. The van der Waals surface area contributed by atoms with Crippen molar-refractivity contribution in [3.63, 3.8) is 0 Å². The quantitative estimate of drug-likeness (QED) is 0.325. The fourth-order valence-electron chi connectivity index (χ4n) is 6.20. The lowest BCUT2D eigenvalue weighted by Gasteiger charge is -2.35. The number of hydrogen-bond donors (Lipinski definition) is 2. The molecule has 1 spiro atoms. The molecule has 42 heavy (non-hydrogen) atoms. The van der Waals surface area contributed by atoms with E-state index in [-0.39, 0.29) is 24.8 Å². The highest BCUT2D eigenvalue weighted by molar-refractivity contribution is 6.32. The molecule has 0 radical (unpaired) electrons. The minimum atomic E-state index is -1.02. The van der Waals surface area contributed by atoms with Gasteiger partial charge in [0.15, 0.2) is 0 Å². The van der Waals surface area contributed by atoms with Gasteiger partial charge >= 0.3 is 5.97 Å². The van der Waals surface area contributed by atoms with E-state index in [0.717, 1.165) is 25.7 Å². The lowest BCUT2D eigenvalue weighted by molar-refractivity contribution is -0.153. The molecule has 11 heteroatoms. The Morgan fingerprint density at radius 3 is 2.36 bits per heavy atom. The Hall–Kier alpha value is -2.98. The number of hydrogen-bond acceptors (Lipinski definition) is 8. The second-order valence-electron chi connectivity index (χ2n) is 12.7. The highest BCUT2D eigenvalue weighted by Crippen LogP contribution is 2.42. The van der Waals surface area contributed by atoms with Crippen LogP contribution >= 0.6 is 11.6 Å². The average Bonchev–Trinajstić information content (AvgIpc) is 3.44. The summed E-state index contributed by atoms with van der Waals surface area (Å²) in [6.45, 7) is 5.81. The Kier molecular flexibility index (Phi) is 9.98. The summed E-state index contributed by atoms with van der Waals surface area (Å²) < 4.78 is 16.0. The number of rotatable bonds is 8. The molecule has 0 bridgehead atoms. The van der Waals surface area contributed by atoms with E-state index in [1.54, 1.807) is 19.2 Å². The van der Waals surface area contributed by atoms with Gasteiger partial charge in [0.05, 0.1) is 38.6 Å². The van der Waals surface area contributed by atoms with Gasteiger partial charge in [-0.15, -0.1) is 0 Å². The molecule has 2 N–H and O–H groups in total. The average molecular weight is 606 g/mol. The van der Waals surface area contributed by atoms with Crippen molar-refractivity contribution in [2.75, 3.05) is 27.9 Å². The van der Waals surface area contributed by atoms with Crippen molar-refractivity contribution < 1.29 is 33.4 Å². The molecule has 1 saturated heterocycles. The second-order valence-corrected chi connectivity index (χ2v) is 13.1. The molecule has 232 valence electrons. The molecular formula is C31H44ClN3O7. The summed E-state index contributed by atoms with van der Waals surface area (Å²) in [6.07, 6.45) is 9.15. The standard InChI is InChI=1S/C31H44ClN3O7/c1-30(2,3)27(33-26(36)13-19-11-9-7-8-10-12-19)28(37)35-18-31(17-23(35)29(38)41-6)16-22(34-42-31)20-14-21(32)25(40-5)15-24(20)39-4/h14-16,19,23,27,34H,7-13,17-18H2,1-6H3,(H,33,36)/t23-,27+,31+/m0/s1. The van der Waals surface area contributed by atoms with Crippen molar-refractivity contribution in [2.45, 2.75) is 89.8 Å². The largest absolute Gasteiger partial charge is 0.496 e. The maximum Gasteiger partial charge on any atom is 0.328 e. The number of halogens is 1. The van der Waals surface area contributed by atoms with Gasteiger partial charge in [-0.1, -0.05) is 58.1 Å². The van der Waals surface area contributed by atoms with Crippen LogP contribution in [0, 0.1) is 11.3 Å². The van der Waals surface area contributed by atoms with E-state index in [1.165, 1.54) is 32.0 Å². The number of methoxy groups -OCH3 is 3. The lowest BCUT2D eigenvalue weighted by atomic mass is 9.85. The molecule has 3 aliphatic rings. The Morgan fingerprint density at radius 2 is 1.76 bits per heavy atom. The van der Waals surface area contributed by atoms with Gasteiger partial charge in [0, 0.05) is 24.5 Å². The maximum absolute atomic E-state index is 14.2. The number of hydroxylamine groups is 1. The molecule has 1 aliphatic carbocycles. The van der Waals surface area contributed by atoms with Gasteiger partial charge in [0.25, 0.3) is 0 Å². The van der Waals surface area contributed by atoms with Gasteiger partial charge in [-0.3, -0.25) is 19.9 Å². The third-order valence-corrected chi connectivity index (χ3v) is 8.81. The fraction of sp³-hybridized carbons (Fsp3) is 0.645. The number of amides is 2. The molecule has 2 heterocycles. The first kappa shape index (κ1) is 31.9. The summed E-state index contributed by atoms with van der Waals surface area (Å²) in [5.74, 6) is 0.265. The number of esters is 1. The fourth-order valence-corrected chi connectivity index (χ4v) is 6.44. The van der Waals surface area contributed by atoms with Gasteiger partial charge in [-0.25, -0.2) is 4.79 Å². The van der Waals surface area contributed by atoms with Gasteiger partial charge in [0.2, 0.25) is 11.8 Å². The topological polar surface area (TPSA) is 115 Å². The van der Waals surface area contributed by atoms with Crippen LogP contribution in [0.1, 0.15) is 77.7 Å². The summed E-state index contributed by atoms with van der Waals surface area (Å²) in [5, 5.41) is 3.42. The Morgan fingerprint density at radius 1 is 1.10 bits per heavy atom. The van der Waals surface area contributed by atoms with Crippen molar-refractivity contribution >= 4 is 35.1 Å². The Labute approximate surface area is 253 Å². The van der Waals surface area contributed by atoms with Crippen LogP contribution in [0.25, 0.3) is 5.70 Å². The van der Waals surface area contributed by atoms with E-state index in [9.17, 15) is 14.4 Å². The minimum absolute atomic E-state index is 0.0827. The van der Waals surface area contributed by atoms with Gasteiger partial charge in [-0.05, 0) is 36.3 Å². The lowest BCUT2D eigenvalue weighted by Crippen LogP contribution is -2.57. The van der Waals surface area contributed by atoms with E-state index in [4.69, 9.17) is 30.6 Å². The minimum Gasteiger partial charge on any atom is -0.496 e. The molecule has 3 atom stereocenters. The SMILES string of the molecule is COC(=O)[C@@H]1C[C@]2(C=C(c3cc(Cl)c(OC)cc3OC)NO2)CN1C(=O)[C@@H](NC(=O)CC1CCCCCC1)C(C)(C)C. The zero-order valence-electron chi connectivity index (χ0n) is 25.5. The number of nitrogens with one attached hydrogen (secondary N) is 2. The predicted molar refractivity (Wildman–Crippen MR) is 159 cm³/mol. The van der Waals surface area contributed by atoms with Crippen molar-refractivity contribution in [3.8, 4) is 11.5 Å². The molecule has 2 amide bonds. The number of nitrogens with zero attached hydrogens (tertiary/aromatic N) is 1. The molecule has 4 rings (SSSR count). The first-order valence-corrected chi connectivity index (χ1v) is 15.1. The number of carbonyl (C=O) groups is 3. The van der Waals surface area contributed by atoms with Gasteiger partial charge in [-0.2, -0.15) is 0 Å². The van der Waals surface area contributed by atoms with Gasteiger partial charge in [0.1, 0.15) is 29.2 Å². The van der Waals surface area contributed by atoms with Crippen LogP contribution in [0.4, 0.5) is 0 Å². The zero-order chi connectivity index (χ0) is 30.7. The summed E-state index contributed by atoms with van der Waals surface area (Å²) in [6, 6.07) is 1.65. The van der Waals surface area contributed by atoms with Crippen LogP contribution in [0.15, 0.2) is 18.2 Å². The van der Waals surface area contributed by atoms with Crippen molar-refractivity contribution in [2.24, 2.45) is 11.3 Å². The Bertz CT molecular complexity index is 1210. The zero-order valence-corrected chi connectivity index (χ0v) is 26.3. The van der Waals surface area contributed by atoms with Crippen LogP contribution in [-0.4, -0.2) is 68.2 Å². The normalized spacial score (nSPS) is 23.5. The van der Waals surface area contributed by atoms with Crippen molar-refractivity contribution in [1.29, 1.82) is 0 Å². The van der Waals surface area contributed by atoms with E-state index >= 15 is 0 Å². The summed E-state index contributed by atoms with van der Waals surface area (Å²) >= 11 is 6.40. The number of carbonyl (C=O) groups excluding carboxylic acids is 3. The molecule has 2 aliphatic heterocycles. The molecule has 1 aromatic rings. The summed E-state index contributed by atoms with van der Waals surface area (Å²) in [4.78, 5) is 47.9. The summed E-state index contributed by atoms with van der Waals surface area (Å²) in [5.41, 5.74) is 2.54. The van der Waals surface area contributed by atoms with E-state index < -0.39 is 29.1 Å². The highest BCUT2D eigenvalue weighted by atomic mass is 35.5. The third-order valence-electron chi connectivity index (χ3n) is 8.51. The van der Waals surface area contributed by atoms with Crippen LogP contribution in [0.3, 0.4) is 0 Å². The van der Waals surface area contributed by atoms with Crippen LogP contribution in [-0.2, 0) is 24.0 Å². The van der Waals surface area contributed by atoms with Crippen LogP contribution in [0.5, 0.6) is 11.5 Å². The maximum atomic E-state index is 14.2. The van der Waals surface area contributed by atoms with E-state index in [2.05, 4.69) is 10.8 Å². The molecule has 0 aromatic heterocycles. The first-order chi connectivity index (χ1) is 19.9. The first-order valence-electron chi connectivity index (χ1n) is 14.7. The van der Waals surface area contributed by atoms with Crippen molar-refractivity contribution in [3.05, 3.63) is 28.8 Å². The molecular weight excluding hydrogens is 562 g/mol. The molecule has 0 unspecified atom stereocenters. The summed E-state index contributed by atoms with van der Waals surface area (Å²) in [7, 11) is 4.36. The van der Waals surface area contributed by atoms with E-state index in [1.807, 2.05) is 26.8 Å². The van der Waals surface area contributed by atoms with Gasteiger partial charge < -0.3 is 24.4 Å². The molecule has 1 saturated carbocycles. The van der Waals surface area contributed by atoms with Crippen LogP contribution < -0.4 is 20.3 Å². The molecule has 10 nitrogen and oxygen atoms in total. The Balaban J connectivity index is 1.59. The highest BCUT2D eigenvalue weighted by Gasteiger charge is 2.54. The smallest absolute Gasteiger partial charge is 0.328 e. The van der Waals surface area contributed by atoms with Crippen LogP contribution in [0.2, 0.25) is 5.02 Å². The third kappa shape index (κ3) is 6.97. The molecule has 2 fully saturated rings. The predicted octanol–water partition coefficient (Wildman–Crippen LogP) is 4.64. The number of benzene rings is 1. The second kappa shape index (κ2) is 13.1.